The van der Waals surface area contributed by atoms with Crippen molar-refractivity contribution in [2.75, 3.05) is 38.2 Å². The molecule has 2 saturated heterocycles. The normalized spacial score (nSPS) is 27.2. The fourth-order valence-corrected chi connectivity index (χ4v) is 11.9. The number of hydrogen-bond acceptors (Lipinski definition) is 14. The summed E-state index contributed by atoms with van der Waals surface area (Å²) in [5, 5.41) is 33.1. The van der Waals surface area contributed by atoms with Crippen LogP contribution in [0.3, 0.4) is 0 Å². The molecule has 512 valence electrons. The van der Waals surface area contributed by atoms with Gasteiger partial charge in [-0.05, 0) is 109 Å². The molecule has 25 heteroatoms. The highest BCUT2D eigenvalue weighted by atomic mass is 127. The fourth-order valence-electron chi connectivity index (χ4n) is 11.9. The van der Waals surface area contributed by atoms with E-state index in [0.717, 1.165) is 49.7 Å². The molecule has 0 aromatic heterocycles. The van der Waals surface area contributed by atoms with E-state index in [4.69, 9.17) is 14.2 Å². The number of hydrogen-bond donors (Lipinski definition) is 9. The highest BCUT2D eigenvalue weighted by molar-refractivity contribution is 14.1. The standard InChI is InChI=1S/C34H49N5O7.C33H47N5O7.CH3I/c1-33(2,3)46-32(44)37-26-16-12-7-5-6-11-15-24-20-34(24,38-29(41)27-19-25(45-4)22-39(27)30(26)42)31(43)35-18-17-28(40)36-21-23-13-9-8-10-14-23;1-32(2,3)45-31(44)36-25-15-11-6-4-5-10-14-23-19-33(23,37-28(41)26-18-24(39)21-38(26)29(25)42)30(43)34-17-16-27(40)35-20-22-12-8-7-9-13-22;1-2/h8-11,13-15,24-27H,5-7,12,16-22H2,1-4H3,(H,35,43)(H,36,40)(H,37,44)(H,38,41);7-10,12-14,23-26,39H,4-6,11,15-21H2,1-3H3,(H,34,43)(H,35,40)(H,36,44)(H,37,41);1H3/b15-11-;14-10-;/t24-,25-,26+,27+,34-;23-,24-,25+,26+,33-;/m11./s1. The minimum Gasteiger partial charge on any atom is -0.444 e. The Labute approximate surface area is 560 Å². The van der Waals surface area contributed by atoms with Gasteiger partial charge in [0, 0.05) is 83.9 Å². The second-order valence-electron chi connectivity index (χ2n) is 26.6. The summed E-state index contributed by atoms with van der Waals surface area (Å²) in [6, 6.07) is 15.4. The zero-order chi connectivity index (χ0) is 67.9. The number of benzene rings is 2. The Morgan fingerprint density at radius 2 is 0.989 bits per heavy atom. The highest BCUT2D eigenvalue weighted by Gasteiger charge is 2.62. The fraction of sp³-hybridized carbons (Fsp3) is 0.618. The first-order valence-electron chi connectivity index (χ1n) is 32.6. The highest BCUT2D eigenvalue weighted by Crippen LogP contribution is 2.47. The summed E-state index contributed by atoms with van der Waals surface area (Å²) in [4.78, 5) is 137. The minimum absolute atomic E-state index is 0.0104. The molecule has 10 amide bonds. The van der Waals surface area contributed by atoms with Crippen LogP contribution >= 0.6 is 22.6 Å². The monoisotopic (exact) mass is 1410 g/mol. The summed E-state index contributed by atoms with van der Waals surface area (Å²) in [7, 11) is 1.53. The van der Waals surface area contributed by atoms with Crippen molar-refractivity contribution in [1.82, 2.24) is 52.3 Å². The Morgan fingerprint density at radius 3 is 1.40 bits per heavy atom. The van der Waals surface area contributed by atoms with Gasteiger partial charge in [-0.2, -0.15) is 0 Å². The van der Waals surface area contributed by atoms with E-state index in [-0.39, 0.29) is 93.4 Å². The average Bonchev–Trinajstić information content (AvgIpc) is 1.59. The Balaban J connectivity index is 0.000000287. The molecule has 9 N–H and O–H groups in total. The van der Waals surface area contributed by atoms with Gasteiger partial charge in [0.25, 0.3) is 0 Å². The number of nitrogens with one attached hydrogen (secondary N) is 8. The maximum Gasteiger partial charge on any atom is 0.408 e. The Hall–Kier alpha value is -7.13. The van der Waals surface area contributed by atoms with E-state index in [9.17, 15) is 53.1 Å². The molecule has 4 aliphatic heterocycles. The van der Waals surface area contributed by atoms with Crippen LogP contribution in [-0.2, 0) is 65.7 Å². The number of allylic oxidation sites excluding steroid dienone is 2. The molecule has 2 aromatic rings. The number of aliphatic hydroxyl groups is 1. The van der Waals surface area contributed by atoms with Crippen LogP contribution in [0.1, 0.15) is 155 Å². The molecule has 2 saturated carbocycles. The molecular formula is C68H99IN10O14. The molecule has 24 nitrogen and oxygen atoms in total. The molecule has 0 spiro atoms. The van der Waals surface area contributed by atoms with Gasteiger partial charge in [-0.15, -0.1) is 0 Å². The molecule has 0 bridgehead atoms. The molecule has 2 aliphatic carbocycles. The Kier molecular flexibility index (Phi) is 28.5. The molecular weight excluding hydrogens is 1310 g/mol. The third kappa shape index (κ3) is 23.1. The lowest BCUT2D eigenvalue weighted by atomic mass is 10.0. The van der Waals surface area contributed by atoms with E-state index in [0.29, 0.717) is 51.6 Å². The number of alkyl halides is 1. The lowest BCUT2D eigenvalue weighted by molar-refractivity contribution is -0.141. The number of aliphatic hydroxyl groups excluding tert-OH is 1. The maximum atomic E-state index is 13.9. The zero-order valence-electron chi connectivity index (χ0n) is 55.3. The van der Waals surface area contributed by atoms with E-state index < -0.39 is 88.4 Å². The lowest BCUT2D eigenvalue weighted by Gasteiger charge is -2.30. The molecule has 93 heavy (non-hydrogen) atoms. The van der Waals surface area contributed by atoms with Crippen LogP contribution in [0.15, 0.2) is 85.0 Å². The van der Waals surface area contributed by atoms with Crippen LogP contribution in [0.2, 0.25) is 0 Å². The summed E-state index contributed by atoms with van der Waals surface area (Å²) in [6.45, 7) is 11.6. The number of amides is 10. The number of nitrogens with zero attached hydrogens (tertiary/aromatic N) is 2. The Morgan fingerprint density at radius 1 is 0.581 bits per heavy atom. The molecule has 4 heterocycles. The molecule has 6 aliphatic rings. The average molecular weight is 1410 g/mol. The number of halogens is 1. The van der Waals surface area contributed by atoms with Crippen molar-refractivity contribution in [2.45, 2.75) is 216 Å². The number of ether oxygens (including phenoxy) is 3. The van der Waals surface area contributed by atoms with Crippen LogP contribution in [0, 0.1) is 11.8 Å². The second-order valence-corrected chi connectivity index (χ2v) is 26.6. The lowest BCUT2D eigenvalue weighted by Crippen LogP contribution is -2.58. The van der Waals surface area contributed by atoms with Crippen molar-refractivity contribution >= 4 is 82.0 Å². The first-order valence-corrected chi connectivity index (χ1v) is 34.8. The molecule has 0 radical (unpaired) electrons. The molecule has 10 atom stereocenters. The topological polar surface area (TPSA) is 321 Å². The molecule has 0 unspecified atom stereocenters. The first kappa shape index (κ1) is 74.9. The van der Waals surface area contributed by atoms with Gasteiger partial charge in [-0.25, -0.2) is 9.59 Å². The summed E-state index contributed by atoms with van der Waals surface area (Å²) in [6.07, 6.45) is 13.5. The van der Waals surface area contributed by atoms with Crippen molar-refractivity contribution in [3.8, 4) is 0 Å². The number of carbonyl (C=O) groups is 10. The van der Waals surface area contributed by atoms with Crippen molar-refractivity contribution in [3.63, 3.8) is 0 Å². The smallest absolute Gasteiger partial charge is 0.408 e. The number of methoxy groups -OCH3 is 1. The van der Waals surface area contributed by atoms with Gasteiger partial charge in [0.2, 0.25) is 47.3 Å². The van der Waals surface area contributed by atoms with Crippen molar-refractivity contribution in [3.05, 3.63) is 96.1 Å². The third-order valence-electron chi connectivity index (χ3n) is 17.0. The van der Waals surface area contributed by atoms with E-state index in [1.165, 1.54) is 16.9 Å². The molecule has 4 fully saturated rings. The summed E-state index contributed by atoms with van der Waals surface area (Å²) < 4.78 is 16.4. The van der Waals surface area contributed by atoms with Gasteiger partial charge in [0.05, 0.1) is 12.2 Å². The van der Waals surface area contributed by atoms with Gasteiger partial charge in [0.1, 0.15) is 46.4 Å². The van der Waals surface area contributed by atoms with Gasteiger partial charge in [-0.3, -0.25) is 38.4 Å². The van der Waals surface area contributed by atoms with E-state index in [2.05, 4.69) is 65.1 Å². The minimum atomic E-state index is -1.22. The van der Waals surface area contributed by atoms with E-state index in [1.807, 2.05) is 89.9 Å². The van der Waals surface area contributed by atoms with Crippen LogP contribution in [0.4, 0.5) is 9.59 Å². The van der Waals surface area contributed by atoms with Gasteiger partial charge in [0.15, 0.2) is 0 Å². The summed E-state index contributed by atoms with van der Waals surface area (Å²) in [5.74, 6) is -3.47. The van der Waals surface area contributed by atoms with Gasteiger partial charge < -0.3 is 71.7 Å². The first-order chi connectivity index (χ1) is 44.3. The van der Waals surface area contributed by atoms with Crippen LogP contribution in [0.5, 0.6) is 0 Å². The van der Waals surface area contributed by atoms with Crippen molar-refractivity contribution in [1.29, 1.82) is 0 Å². The van der Waals surface area contributed by atoms with Crippen LogP contribution in [0.25, 0.3) is 0 Å². The third-order valence-corrected chi connectivity index (χ3v) is 17.0. The number of rotatable bonds is 15. The van der Waals surface area contributed by atoms with E-state index >= 15 is 0 Å². The second kappa shape index (κ2) is 35.4. The number of carbonyl (C=O) groups excluding carboxylic acids is 10. The zero-order valence-corrected chi connectivity index (χ0v) is 57.4. The quantitative estimate of drug-likeness (QED) is 0.0576. The predicted molar refractivity (Wildman–Crippen MR) is 358 cm³/mol. The largest absolute Gasteiger partial charge is 0.444 e. The number of fused-ring (bicyclic) bond motifs is 4. The van der Waals surface area contributed by atoms with Gasteiger partial charge >= 0.3 is 12.2 Å². The SMILES string of the molecule is CC(C)(C)OC(=O)N[C@H]1CCCCC/C=C\[C@@H]2C[C@@]2(C(=O)NCCC(=O)NCc2ccccc2)NC(=O)[C@@H]2C[C@@H](O)CN2C1=O.CI.CO[C@@H]1C[C@H]2C(=O)N[C@]3(C(=O)NCCC(=O)NCc4ccccc4)C[C@H]3/C=C\CCCCC[C@H](NC(=O)OC(C)(C)C)C(=O)N2C1. The Bertz CT molecular complexity index is 2940. The van der Waals surface area contributed by atoms with Crippen LogP contribution < -0.4 is 42.5 Å². The van der Waals surface area contributed by atoms with Crippen molar-refractivity contribution in [2.24, 2.45) is 11.8 Å². The summed E-state index contributed by atoms with van der Waals surface area (Å²) >= 11 is 2.15. The predicted octanol–water partition coefficient (Wildman–Crippen LogP) is 5.82. The maximum absolute atomic E-state index is 13.9. The van der Waals surface area contributed by atoms with Crippen molar-refractivity contribution < 1.29 is 67.3 Å². The summed E-state index contributed by atoms with van der Waals surface area (Å²) in [5.41, 5.74) is -1.94. The molecule has 8 rings (SSSR count). The van der Waals surface area contributed by atoms with E-state index in [1.54, 1.807) is 41.5 Å². The van der Waals surface area contributed by atoms with Crippen LogP contribution in [-0.4, -0.2) is 171 Å². The molecule has 2 aromatic carbocycles. The van der Waals surface area contributed by atoms with Gasteiger partial charge in [-0.1, -0.05) is 133 Å². The number of alkyl carbamates (subject to hydrolysis) is 2.